The Labute approximate surface area is 119 Å². The summed E-state index contributed by atoms with van der Waals surface area (Å²) in [6.45, 7) is -1.47. The van der Waals surface area contributed by atoms with Gasteiger partial charge in [-0.05, 0) is 12.1 Å². The molecule has 1 aliphatic rings. The number of hydrogen-bond donors (Lipinski definition) is 2. The number of rotatable bonds is 5. The maximum atomic E-state index is 13.0. The smallest absolute Gasteiger partial charge is 0.387 e. The average molecular weight is 304 g/mol. The molecule has 0 spiro atoms. The summed E-state index contributed by atoms with van der Waals surface area (Å²) in [5, 5.41) is 5.53. The van der Waals surface area contributed by atoms with Crippen molar-refractivity contribution in [3.8, 4) is 5.75 Å². The molecule has 1 heterocycles. The summed E-state index contributed by atoms with van der Waals surface area (Å²) in [7, 11) is 0. The minimum Gasteiger partial charge on any atom is -0.432 e. The van der Waals surface area contributed by atoms with Crippen molar-refractivity contribution < 1.29 is 27.4 Å². The first-order chi connectivity index (χ1) is 10.0. The van der Waals surface area contributed by atoms with Crippen LogP contribution in [-0.2, 0) is 9.53 Å². The van der Waals surface area contributed by atoms with Crippen LogP contribution < -0.4 is 15.4 Å². The second-order valence-corrected chi connectivity index (χ2v) is 4.50. The highest BCUT2D eigenvalue weighted by Gasteiger charge is 2.18. The molecule has 116 valence electrons. The van der Waals surface area contributed by atoms with Crippen LogP contribution in [-0.4, -0.2) is 38.3 Å². The molecule has 0 aromatic heterocycles. The van der Waals surface area contributed by atoms with Crippen molar-refractivity contribution in [3.63, 3.8) is 0 Å². The minimum atomic E-state index is -3.10. The van der Waals surface area contributed by atoms with E-state index in [-0.39, 0.29) is 18.2 Å². The predicted molar refractivity (Wildman–Crippen MR) is 68.9 cm³/mol. The van der Waals surface area contributed by atoms with E-state index in [1.165, 1.54) is 6.07 Å². The lowest BCUT2D eigenvalue weighted by Crippen LogP contribution is -2.43. The number of hydrogen-bond acceptors (Lipinski definition) is 4. The Kier molecular flexibility index (Phi) is 5.40. The highest BCUT2D eigenvalue weighted by atomic mass is 19.3. The van der Waals surface area contributed by atoms with Crippen molar-refractivity contribution in [3.05, 3.63) is 24.0 Å². The number of benzene rings is 1. The lowest BCUT2D eigenvalue weighted by Gasteiger charge is -2.23. The molecule has 0 bridgehead atoms. The van der Waals surface area contributed by atoms with E-state index in [0.29, 0.717) is 19.8 Å². The van der Waals surface area contributed by atoms with Gasteiger partial charge in [-0.3, -0.25) is 4.79 Å². The number of ether oxygens (including phenoxy) is 2. The topological polar surface area (TPSA) is 59.6 Å². The second-order valence-electron chi connectivity index (χ2n) is 4.50. The number of alkyl halides is 2. The fourth-order valence-corrected chi connectivity index (χ4v) is 1.97. The molecule has 1 atom stereocenters. The summed E-state index contributed by atoms with van der Waals surface area (Å²) in [5.41, 5.74) is -0.00146. The Morgan fingerprint density at radius 1 is 1.52 bits per heavy atom. The molecule has 8 heteroatoms. The Balaban J connectivity index is 1.98. The summed E-state index contributed by atoms with van der Waals surface area (Å²) in [6, 6.07) is 2.88. The zero-order chi connectivity index (χ0) is 15.2. The van der Waals surface area contributed by atoms with Gasteiger partial charge < -0.3 is 20.1 Å². The first-order valence-electron chi connectivity index (χ1n) is 6.40. The second kappa shape index (κ2) is 7.28. The molecule has 1 aromatic carbocycles. The fourth-order valence-electron chi connectivity index (χ4n) is 1.97. The highest BCUT2D eigenvalue weighted by molar-refractivity contribution is 5.92. The largest absolute Gasteiger partial charge is 0.432 e. The molecular weight excluding hydrogens is 289 g/mol. The first kappa shape index (κ1) is 15.6. The molecule has 21 heavy (non-hydrogen) atoms. The van der Waals surface area contributed by atoms with E-state index in [4.69, 9.17) is 4.74 Å². The van der Waals surface area contributed by atoms with E-state index in [1.54, 1.807) is 0 Å². The van der Waals surface area contributed by atoms with Gasteiger partial charge in [0.25, 0.3) is 0 Å². The monoisotopic (exact) mass is 304 g/mol. The Morgan fingerprint density at radius 3 is 3.00 bits per heavy atom. The summed E-state index contributed by atoms with van der Waals surface area (Å²) in [4.78, 5) is 11.9. The number of anilines is 1. The van der Waals surface area contributed by atoms with Crippen LogP contribution in [0.3, 0.4) is 0 Å². The van der Waals surface area contributed by atoms with Crippen molar-refractivity contribution in [2.45, 2.75) is 19.1 Å². The normalized spacial score (nSPS) is 18.6. The van der Waals surface area contributed by atoms with Crippen LogP contribution in [0.4, 0.5) is 18.9 Å². The van der Waals surface area contributed by atoms with Gasteiger partial charge in [0.2, 0.25) is 5.91 Å². The van der Waals surface area contributed by atoms with Crippen molar-refractivity contribution in [1.29, 1.82) is 0 Å². The fraction of sp³-hybridized carbons (Fsp3) is 0.462. The molecule has 1 unspecified atom stereocenters. The maximum Gasteiger partial charge on any atom is 0.387 e. The number of carbonyl (C=O) groups excluding carboxylic acids is 1. The van der Waals surface area contributed by atoms with Crippen molar-refractivity contribution in [1.82, 2.24) is 5.32 Å². The molecule has 2 N–H and O–H groups in total. The highest BCUT2D eigenvalue weighted by Crippen LogP contribution is 2.27. The van der Waals surface area contributed by atoms with Gasteiger partial charge in [0.1, 0.15) is 5.82 Å². The molecule has 0 aliphatic carbocycles. The van der Waals surface area contributed by atoms with Crippen LogP contribution >= 0.6 is 0 Å². The molecule has 1 aromatic rings. The van der Waals surface area contributed by atoms with Crippen LogP contribution in [0.5, 0.6) is 5.75 Å². The summed E-state index contributed by atoms with van der Waals surface area (Å²) in [6.07, 6.45) is 0.117. The average Bonchev–Trinajstić information content (AvgIpc) is 2.42. The van der Waals surface area contributed by atoms with Crippen LogP contribution in [0.15, 0.2) is 18.2 Å². The minimum absolute atomic E-state index is 0.00146. The van der Waals surface area contributed by atoms with Gasteiger partial charge in [-0.15, -0.1) is 0 Å². The maximum absolute atomic E-state index is 13.0. The lowest BCUT2D eigenvalue weighted by atomic mass is 10.2. The van der Waals surface area contributed by atoms with Crippen LogP contribution in [0.25, 0.3) is 0 Å². The van der Waals surface area contributed by atoms with Crippen molar-refractivity contribution in [2.75, 3.05) is 25.1 Å². The quantitative estimate of drug-likeness (QED) is 0.870. The van der Waals surface area contributed by atoms with E-state index in [2.05, 4.69) is 15.4 Å². The third-order valence-electron chi connectivity index (χ3n) is 2.86. The molecule has 0 radical (unpaired) electrons. The number of halogens is 3. The van der Waals surface area contributed by atoms with Crippen LogP contribution in [0.1, 0.15) is 6.42 Å². The van der Waals surface area contributed by atoms with Gasteiger partial charge in [-0.25, -0.2) is 4.39 Å². The number of morpholine rings is 1. The molecule has 1 amide bonds. The van der Waals surface area contributed by atoms with Gasteiger partial charge in [0.05, 0.1) is 18.9 Å². The van der Waals surface area contributed by atoms with Gasteiger partial charge in [0.15, 0.2) is 5.75 Å². The predicted octanol–water partition coefficient (Wildman–Crippen LogP) is 1.74. The molecule has 0 saturated carbocycles. The summed E-state index contributed by atoms with van der Waals surface area (Å²) >= 11 is 0. The number of amides is 1. The molecule has 1 saturated heterocycles. The van der Waals surface area contributed by atoms with Crippen LogP contribution in [0.2, 0.25) is 0 Å². The number of carbonyl (C=O) groups is 1. The Morgan fingerprint density at radius 2 is 2.33 bits per heavy atom. The van der Waals surface area contributed by atoms with Crippen molar-refractivity contribution >= 4 is 11.6 Å². The van der Waals surface area contributed by atoms with E-state index >= 15 is 0 Å². The van der Waals surface area contributed by atoms with Crippen molar-refractivity contribution in [2.24, 2.45) is 0 Å². The zero-order valence-electron chi connectivity index (χ0n) is 11.1. The summed E-state index contributed by atoms with van der Waals surface area (Å²) < 4.78 is 47.0. The molecule has 1 fully saturated rings. The summed E-state index contributed by atoms with van der Waals surface area (Å²) in [5.74, 6) is -1.54. The molecule has 5 nitrogen and oxygen atoms in total. The lowest BCUT2D eigenvalue weighted by molar-refractivity contribution is -0.117. The zero-order valence-corrected chi connectivity index (χ0v) is 11.1. The Hall–Kier alpha value is -1.80. The van der Waals surface area contributed by atoms with Gasteiger partial charge in [-0.1, -0.05) is 0 Å². The van der Waals surface area contributed by atoms with E-state index in [9.17, 15) is 18.0 Å². The molecule has 2 rings (SSSR count). The Bertz CT molecular complexity index is 494. The number of nitrogens with one attached hydrogen (secondary N) is 2. The third kappa shape index (κ3) is 4.91. The standard InChI is InChI=1S/C13H15F3N2O3/c14-8-1-2-10(11(5-8)21-13(15)16)18-12(19)6-9-7-20-4-3-17-9/h1-2,5,9,13,17H,3-4,6-7H2,(H,18,19). The SMILES string of the molecule is O=C(CC1COCCN1)Nc1ccc(F)cc1OC(F)F. The van der Waals surface area contributed by atoms with E-state index < -0.39 is 24.1 Å². The molecule has 1 aliphatic heterocycles. The van der Waals surface area contributed by atoms with Gasteiger partial charge >= 0.3 is 6.61 Å². The third-order valence-corrected chi connectivity index (χ3v) is 2.86. The molecular formula is C13H15F3N2O3. The van der Waals surface area contributed by atoms with Gasteiger partial charge in [0, 0.05) is 25.1 Å². The van der Waals surface area contributed by atoms with E-state index in [0.717, 1.165) is 12.1 Å². The first-order valence-corrected chi connectivity index (χ1v) is 6.40. The van der Waals surface area contributed by atoms with E-state index in [1.807, 2.05) is 0 Å². The van der Waals surface area contributed by atoms with Gasteiger partial charge in [-0.2, -0.15) is 8.78 Å². The van der Waals surface area contributed by atoms with Crippen LogP contribution in [0, 0.1) is 5.82 Å².